The van der Waals surface area contributed by atoms with Crippen LogP contribution in [0.5, 0.6) is 0 Å². The van der Waals surface area contributed by atoms with Gasteiger partial charge in [0.25, 0.3) is 10.1 Å². The highest BCUT2D eigenvalue weighted by atomic mass is 32.2. The van der Waals surface area contributed by atoms with Crippen LogP contribution in [0.15, 0.2) is 18.5 Å². The van der Waals surface area contributed by atoms with Crippen molar-refractivity contribution in [3.8, 4) is 0 Å². The summed E-state index contributed by atoms with van der Waals surface area (Å²) in [5, 5.41) is 0. The van der Waals surface area contributed by atoms with Crippen LogP contribution in [0.1, 0.15) is 5.56 Å². The van der Waals surface area contributed by atoms with Gasteiger partial charge in [0.2, 0.25) is 0 Å². The highest BCUT2D eigenvalue weighted by Crippen LogP contribution is 2.00. The summed E-state index contributed by atoms with van der Waals surface area (Å²) < 4.78 is 25.5. The van der Waals surface area contributed by atoms with Crippen LogP contribution in [0, 0.1) is 0 Å². The van der Waals surface area contributed by atoms with Gasteiger partial charge in [-0.1, -0.05) is 0 Å². The van der Waals surface area contributed by atoms with Crippen molar-refractivity contribution in [1.29, 1.82) is 0 Å². The third-order valence-electron chi connectivity index (χ3n) is 1.10. The molecule has 0 amide bonds. The van der Waals surface area contributed by atoms with Gasteiger partial charge in [-0.15, -0.1) is 0 Å². The summed E-state index contributed by atoms with van der Waals surface area (Å²) in [6, 6.07) is 1.76. The molecule has 5 heteroatoms. The minimum atomic E-state index is -3.31. The molecule has 1 aromatic heterocycles. The van der Waals surface area contributed by atoms with Gasteiger partial charge in [-0.3, -0.25) is 4.18 Å². The monoisotopic (exact) mass is 175 g/mol. The first kappa shape index (κ1) is 8.29. The lowest BCUT2D eigenvalue weighted by molar-refractivity contribution is 0.312. The molecule has 0 spiro atoms. The molecule has 0 unspecified atom stereocenters. The number of rotatable bonds is 3. The highest BCUT2D eigenvalue weighted by Gasteiger charge is 2.01. The summed E-state index contributed by atoms with van der Waals surface area (Å²) in [5.41, 5.74) is 0.815. The maximum absolute atomic E-state index is 10.5. The van der Waals surface area contributed by atoms with Crippen LogP contribution >= 0.6 is 0 Å². The van der Waals surface area contributed by atoms with Gasteiger partial charge in [0.1, 0.15) is 0 Å². The third-order valence-corrected chi connectivity index (χ3v) is 1.65. The zero-order chi connectivity index (χ0) is 8.32. The molecular weight excluding hydrogens is 166 g/mol. The van der Waals surface area contributed by atoms with Crippen LogP contribution < -0.4 is 0 Å². The maximum atomic E-state index is 10.5. The van der Waals surface area contributed by atoms with Gasteiger partial charge < -0.3 is 4.98 Å². The van der Waals surface area contributed by atoms with E-state index in [0.29, 0.717) is 0 Å². The lowest BCUT2D eigenvalue weighted by Crippen LogP contribution is -2.01. The summed E-state index contributed by atoms with van der Waals surface area (Å²) in [7, 11) is -3.31. The molecule has 0 bridgehead atoms. The molecule has 11 heavy (non-hydrogen) atoms. The molecule has 0 aliphatic rings. The molecule has 1 aromatic rings. The summed E-state index contributed by atoms with van der Waals surface area (Å²) in [6.07, 6.45) is 4.42. The zero-order valence-electron chi connectivity index (χ0n) is 6.07. The first-order valence-corrected chi connectivity index (χ1v) is 4.86. The van der Waals surface area contributed by atoms with Crippen molar-refractivity contribution >= 4 is 10.1 Å². The maximum Gasteiger partial charge on any atom is 0.264 e. The average molecular weight is 175 g/mol. The smallest absolute Gasteiger partial charge is 0.264 e. The van der Waals surface area contributed by atoms with E-state index < -0.39 is 10.1 Å². The molecule has 0 fully saturated rings. The lowest BCUT2D eigenvalue weighted by atomic mass is 10.4. The zero-order valence-corrected chi connectivity index (χ0v) is 6.89. The molecule has 0 atom stereocenters. The van der Waals surface area contributed by atoms with Crippen molar-refractivity contribution in [1.82, 2.24) is 4.98 Å². The van der Waals surface area contributed by atoms with Crippen LogP contribution in [0.4, 0.5) is 0 Å². The molecule has 1 heterocycles. The molecule has 4 nitrogen and oxygen atoms in total. The van der Waals surface area contributed by atoms with E-state index in [1.165, 1.54) is 0 Å². The SMILES string of the molecule is CS(=O)(=O)OCc1cc[nH]c1. The van der Waals surface area contributed by atoms with E-state index >= 15 is 0 Å². The molecule has 0 aromatic carbocycles. The standard InChI is InChI=1S/C6H9NO3S/c1-11(8,9)10-5-6-2-3-7-4-6/h2-4,7H,5H2,1H3. The van der Waals surface area contributed by atoms with Gasteiger partial charge in [0.15, 0.2) is 0 Å². The number of aromatic amines is 1. The Kier molecular flexibility index (Phi) is 2.31. The minimum Gasteiger partial charge on any atom is -0.367 e. The Labute approximate surface area is 65.3 Å². The Balaban J connectivity index is 2.48. The largest absolute Gasteiger partial charge is 0.367 e. The van der Waals surface area contributed by atoms with Crippen LogP contribution in [-0.4, -0.2) is 19.7 Å². The number of hydrogen-bond donors (Lipinski definition) is 1. The first-order chi connectivity index (χ1) is 5.08. The molecule has 62 valence electrons. The topological polar surface area (TPSA) is 59.2 Å². The van der Waals surface area contributed by atoms with Gasteiger partial charge in [-0.25, -0.2) is 0 Å². The summed E-state index contributed by atoms with van der Waals surface area (Å²) in [6.45, 7) is 0.0995. The normalized spacial score (nSPS) is 11.7. The van der Waals surface area contributed by atoms with Crippen LogP contribution in [0.2, 0.25) is 0 Å². The number of aromatic nitrogens is 1. The van der Waals surface area contributed by atoms with E-state index in [0.717, 1.165) is 11.8 Å². The van der Waals surface area contributed by atoms with Gasteiger partial charge in [-0.2, -0.15) is 8.42 Å². The van der Waals surface area contributed by atoms with E-state index in [4.69, 9.17) is 0 Å². The molecule has 0 saturated carbocycles. The van der Waals surface area contributed by atoms with Crippen LogP contribution in [0.3, 0.4) is 0 Å². The van der Waals surface area contributed by atoms with Crippen LogP contribution in [-0.2, 0) is 20.9 Å². The first-order valence-electron chi connectivity index (χ1n) is 3.04. The van der Waals surface area contributed by atoms with Crippen molar-refractivity contribution in [3.63, 3.8) is 0 Å². The fourth-order valence-electron chi connectivity index (χ4n) is 0.623. The van der Waals surface area contributed by atoms with Crippen molar-refractivity contribution in [2.24, 2.45) is 0 Å². The third kappa shape index (κ3) is 3.20. The summed E-state index contributed by atoms with van der Waals surface area (Å²) >= 11 is 0. The highest BCUT2D eigenvalue weighted by molar-refractivity contribution is 7.85. The quantitative estimate of drug-likeness (QED) is 0.680. The second kappa shape index (κ2) is 3.06. The second-order valence-corrected chi connectivity index (χ2v) is 3.83. The number of H-pyrrole nitrogens is 1. The van der Waals surface area contributed by atoms with Gasteiger partial charge >= 0.3 is 0 Å². The molecule has 0 aliphatic carbocycles. The van der Waals surface area contributed by atoms with E-state index in [1.807, 2.05) is 0 Å². The molecular formula is C6H9NO3S. The second-order valence-electron chi connectivity index (χ2n) is 2.19. The minimum absolute atomic E-state index is 0.0995. The Morgan fingerprint density at radius 3 is 2.82 bits per heavy atom. The Morgan fingerprint density at radius 1 is 1.64 bits per heavy atom. The van der Waals surface area contributed by atoms with Crippen molar-refractivity contribution in [2.45, 2.75) is 6.61 Å². The van der Waals surface area contributed by atoms with Crippen molar-refractivity contribution in [2.75, 3.05) is 6.26 Å². The van der Waals surface area contributed by atoms with E-state index in [9.17, 15) is 8.42 Å². The predicted molar refractivity (Wildman–Crippen MR) is 40.4 cm³/mol. The van der Waals surface area contributed by atoms with E-state index in [1.54, 1.807) is 18.5 Å². The molecule has 0 saturated heterocycles. The Hall–Kier alpha value is -0.810. The summed E-state index contributed by atoms with van der Waals surface area (Å²) in [5.74, 6) is 0. The van der Waals surface area contributed by atoms with E-state index in [-0.39, 0.29) is 6.61 Å². The number of nitrogens with one attached hydrogen (secondary N) is 1. The van der Waals surface area contributed by atoms with Gasteiger partial charge in [0, 0.05) is 12.4 Å². The van der Waals surface area contributed by atoms with Gasteiger partial charge in [0.05, 0.1) is 12.9 Å². The fraction of sp³-hybridized carbons (Fsp3) is 0.333. The molecule has 0 radical (unpaired) electrons. The molecule has 1 N–H and O–H groups in total. The Morgan fingerprint density at radius 2 is 2.36 bits per heavy atom. The van der Waals surface area contributed by atoms with Crippen molar-refractivity contribution < 1.29 is 12.6 Å². The molecule has 0 aliphatic heterocycles. The molecule has 1 rings (SSSR count). The van der Waals surface area contributed by atoms with Crippen molar-refractivity contribution in [3.05, 3.63) is 24.0 Å². The number of hydrogen-bond acceptors (Lipinski definition) is 3. The summed E-state index contributed by atoms with van der Waals surface area (Å²) in [4.78, 5) is 2.79. The van der Waals surface area contributed by atoms with Gasteiger partial charge in [-0.05, 0) is 11.6 Å². The van der Waals surface area contributed by atoms with Crippen LogP contribution in [0.25, 0.3) is 0 Å². The predicted octanol–water partition coefficient (Wildman–Crippen LogP) is 0.491. The lowest BCUT2D eigenvalue weighted by Gasteiger charge is -1.96. The average Bonchev–Trinajstić information content (AvgIpc) is 2.32. The Bertz CT molecular complexity index is 301. The fourth-order valence-corrected chi connectivity index (χ4v) is 0.973. The van der Waals surface area contributed by atoms with E-state index in [2.05, 4.69) is 9.17 Å².